The van der Waals surface area contributed by atoms with Gasteiger partial charge in [0.05, 0.1) is 10.6 Å². The highest BCUT2D eigenvalue weighted by Gasteiger charge is 2.24. The van der Waals surface area contributed by atoms with Crippen molar-refractivity contribution in [2.45, 2.75) is 0 Å². The second kappa shape index (κ2) is 8.58. The van der Waals surface area contributed by atoms with E-state index in [0.29, 0.717) is 33.1 Å². The van der Waals surface area contributed by atoms with Crippen LogP contribution in [0.15, 0.2) is 69.5 Å². The molecule has 0 aliphatic carbocycles. The molecule has 0 atom stereocenters. The molecule has 0 spiro atoms. The first kappa shape index (κ1) is 18.8. The Kier molecular flexibility index (Phi) is 6.19. The lowest BCUT2D eigenvalue weighted by molar-refractivity contribution is -0.115. The van der Waals surface area contributed by atoms with Crippen LogP contribution < -0.4 is 10.1 Å². The number of amidine groups is 1. The Hall–Kier alpha value is -2.02. The highest BCUT2D eigenvalue weighted by molar-refractivity contribution is 9.10. The highest BCUT2D eigenvalue weighted by Crippen LogP contribution is 2.32. The number of hydrogen-bond acceptors (Lipinski definition) is 4. The van der Waals surface area contributed by atoms with Gasteiger partial charge in [0.25, 0.3) is 5.91 Å². The Morgan fingerprint density at radius 3 is 2.92 bits per heavy atom. The minimum atomic E-state index is -0.203. The van der Waals surface area contributed by atoms with Crippen LogP contribution in [0.2, 0.25) is 5.02 Å². The summed E-state index contributed by atoms with van der Waals surface area (Å²) in [5, 5.41) is 3.86. The SMILES string of the molecule is C=CCOc1ccc(Br)cc1/C=C1\SC(=Nc2cccc(Cl)c2)NC1=O. The molecule has 4 nitrogen and oxygen atoms in total. The number of aliphatic imine (C=N–C) groups is 1. The van der Waals surface area contributed by atoms with Crippen LogP contribution >= 0.6 is 39.3 Å². The molecule has 132 valence electrons. The average molecular weight is 450 g/mol. The molecule has 1 aliphatic rings. The smallest absolute Gasteiger partial charge is 0.264 e. The lowest BCUT2D eigenvalue weighted by Crippen LogP contribution is -2.19. The monoisotopic (exact) mass is 448 g/mol. The molecular weight excluding hydrogens is 436 g/mol. The maximum atomic E-state index is 12.3. The van der Waals surface area contributed by atoms with E-state index in [1.165, 1.54) is 11.8 Å². The van der Waals surface area contributed by atoms with E-state index in [1.807, 2.05) is 30.3 Å². The Balaban J connectivity index is 1.87. The van der Waals surface area contributed by atoms with Crippen molar-refractivity contribution < 1.29 is 9.53 Å². The Bertz CT molecular complexity index is 928. The number of amides is 1. The normalized spacial score (nSPS) is 16.8. The largest absolute Gasteiger partial charge is 0.489 e. The molecule has 0 radical (unpaired) electrons. The van der Waals surface area contributed by atoms with Crippen molar-refractivity contribution in [2.24, 2.45) is 4.99 Å². The minimum Gasteiger partial charge on any atom is -0.489 e. The molecule has 1 aliphatic heterocycles. The number of ether oxygens (including phenoxy) is 1. The summed E-state index contributed by atoms with van der Waals surface area (Å²) < 4.78 is 6.55. The number of nitrogens with one attached hydrogen (secondary N) is 1. The third-order valence-electron chi connectivity index (χ3n) is 3.30. The van der Waals surface area contributed by atoms with Gasteiger partial charge in [0, 0.05) is 15.1 Å². The third kappa shape index (κ3) is 4.78. The lowest BCUT2D eigenvalue weighted by atomic mass is 10.2. The van der Waals surface area contributed by atoms with Crippen LogP contribution in [0.1, 0.15) is 5.56 Å². The van der Waals surface area contributed by atoms with Crippen molar-refractivity contribution >= 4 is 62.1 Å². The van der Waals surface area contributed by atoms with Crippen LogP contribution in [0.4, 0.5) is 5.69 Å². The molecule has 1 saturated heterocycles. The zero-order valence-corrected chi connectivity index (χ0v) is 16.7. The maximum absolute atomic E-state index is 12.3. The summed E-state index contributed by atoms with van der Waals surface area (Å²) >= 11 is 10.7. The number of carbonyl (C=O) groups excluding carboxylic acids is 1. The molecule has 0 bridgehead atoms. The van der Waals surface area contributed by atoms with E-state index in [-0.39, 0.29) is 5.91 Å². The van der Waals surface area contributed by atoms with Crippen LogP contribution in [0.3, 0.4) is 0 Å². The highest BCUT2D eigenvalue weighted by atomic mass is 79.9. The number of nitrogens with zero attached hydrogens (tertiary/aromatic N) is 1. The Morgan fingerprint density at radius 1 is 1.31 bits per heavy atom. The average Bonchev–Trinajstić information content (AvgIpc) is 2.93. The quantitative estimate of drug-likeness (QED) is 0.480. The van der Waals surface area contributed by atoms with Gasteiger partial charge in [0.1, 0.15) is 12.4 Å². The van der Waals surface area contributed by atoms with Crippen molar-refractivity contribution in [3.8, 4) is 5.75 Å². The van der Waals surface area contributed by atoms with Crippen LogP contribution in [-0.2, 0) is 4.79 Å². The fourth-order valence-electron chi connectivity index (χ4n) is 2.20. The molecule has 1 heterocycles. The Labute approximate surface area is 169 Å². The van der Waals surface area contributed by atoms with Gasteiger partial charge in [-0.1, -0.05) is 46.3 Å². The summed E-state index contributed by atoms with van der Waals surface area (Å²) in [6.07, 6.45) is 3.45. The molecule has 1 fully saturated rings. The second-order valence-corrected chi connectivity index (χ2v) is 7.63. The molecule has 2 aromatic rings. The molecule has 2 aromatic carbocycles. The van der Waals surface area contributed by atoms with E-state index in [9.17, 15) is 4.79 Å². The number of carbonyl (C=O) groups is 1. The van der Waals surface area contributed by atoms with Crippen molar-refractivity contribution in [1.29, 1.82) is 0 Å². The standard InChI is InChI=1S/C19H14BrClN2O2S/c1-2-8-25-16-7-6-13(20)9-12(16)10-17-18(24)23-19(26-17)22-15-5-3-4-14(21)11-15/h2-7,9-11H,1,8H2,(H,22,23,24)/b17-10-. The number of halogens is 2. The topological polar surface area (TPSA) is 50.7 Å². The fraction of sp³-hybridized carbons (Fsp3) is 0.0526. The fourth-order valence-corrected chi connectivity index (χ4v) is 3.59. The molecule has 0 unspecified atom stereocenters. The van der Waals surface area contributed by atoms with Gasteiger partial charge in [0.15, 0.2) is 5.17 Å². The predicted octanol–water partition coefficient (Wildman–Crippen LogP) is 5.56. The molecule has 1 amide bonds. The van der Waals surface area contributed by atoms with Crippen molar-refractivity contribution in [3.63, 3.8) is 0 Å². The summed E-state index contributed by atoms with van der Waals surface area (Å²) in [7, 11) is 0. The summed E-state index contributed by atoms with van der Waals surface area (Å²) in [5.74, 6) is 0.472. The van der Waals surface area contributed by atoms with Gasteiger partial charge in [-0.3, -0.25) is 4.79 Å². The van der Waals surface area contributed by atoms with Crippen molar-refractivity contribution in [1.82, 2.24) is 5.32 Å². The molecule has 3 rings (SSSR count). The molecule has 0 saturated carbocycles. The van der Waals surface area contributed by atoms with Gasteiger partial charge < -0.3 is 10.1 Å². The molecule has 26 heavy (non-hydrogen) atoms. The lowest BCUT2D eigenvalue weighted by Gasteiger charge is -2.08. The first-order valence-corrected chi connectivity index (χ1v) is 9.62. The van der Waals surface area contributed by atoms with Crippen molar-refractivity contribution in [2.75, 3.05) is 6.61 Å². The van der Waals surface area contributed by atoms with E-state index in [2.05, 4.69) is 32.8 Å². The van der Waals surface area contributed by atoms with Crippen LogP contribution in [-0.4, -0.2) is 17.7 Å². The number of rotatable bonds is 5. The van der Waals surface area contributed by atoms with E-state index in [4.69, 9.17) is 16.3 Å². The first-order chi connectivity index (χ1) is 12.5. The first-order valence-electron chi connectivity index (χ1n) is 7.63. The van der Waals surface area contributed by atoms with Gasteiger partial charge in [-0.15, -0.1) is 0 Å². The zero-order valence-electron chi connectivity index (χ0n) is 13.5. The van der Waals surface area contributed by atoms with Crippen LogP contribution in [0.5, 0.6) is 5.75 Å². The van der Waals surface area contributed by atoms with Crippen LogP contribution in [0, 0.1) is 0 Å². The van der Waals surface area contributed by atoms with E-state index >= 15 is 0 Å². The minimum absolute atomic E-state index is 0.203. The van der Waals surface area contributed by atoms with Crippen molar-refractivity contribution in [3.05, 3.63) is 75.1 Å². The summed E-state index contributed by atoms with van der Waals surface area (Å²) in [4.78, 5) is 17.2. The van der Waals surface area contributed by atoms with Gasteiger partial charge in [-0.25, -0.2) is 4.99 Å². The van der Waals surface area contributed by atoms with Gasteiger partial charge in [-0.05, 0) is 54.2 Å². The van der Waals surface area contributed by atoms with E-state index in [0.717, 1.165) is 10.0 Å². The molecular formula is C19H14BrClN2O2S. The van der Waals surface area contributed by atoms with Gasteiger partial charge >= 0.3 is 0 Å². The maximum Gasteiger partial charge on any atom is 0.264 e. The van der Waals surface area contributed by atoms with E-state index < -0.39 is 0 Å². The second-order valence-electron chi connectivity index (χ2n) is 5.24. The van der Waals surface area contributed by atoms with Gasteiger partial charge in [0.2, 0.25) is 0 Å². The summed E-state index contributed by atoms with van der Waals surface area (Å²) in [5.41, 5.74) is 1.47. The molecule has 7 heteroatoms. The Morgan fingerprint density at radius 2 is 2.15 bits per heavy atom. The van der Waals surface area contributed by atoms with E-state index in [1.54, 1.807) is 24.3 Å². The number of thioether (sulfide) groups is 1. The van der Waals surface area contributed by atoms with Gasteiger partial charge in [-0.2, -0.15) is 0 Å². The third-order valence-corrected chi connectivity index (χ3v) is 4.94. The summed E-state index contributed by atoms with van der Waals surface area (Å²) in [6, 6.07) is 12.8. The molecule has 1 N–H and O–H groups in total. The predicted molar refractivity (Wildman–Crippen MR) is 112 cm³/mol. The summed E-state index contributed by atoms with van der Waals surface area (Å²) in [6.45, 7) is 4.04. The number of hydrogen-bond donors (Lipinski definition) is 1. The zero-order chi connectivity index (χ0) is 18.5. The van der Waals surface area contributed by atoms with Crippen LogP contribution in [0.25, 0.3) is 6.08 Å². The number of benzene rings is 2. The molecule has 0 aromatic heterocycles.